The highest BCUT2D eigenvalue weighted by Crippen LogP contribution is 2.29. The molecule has 3 aromatic heterocycles. The van der Waals surface area contributed by atoms with Crippen LogP contribution in [0.5, 0.6) is 0 Å². The fraction of sp³-hybridized carbons (Fsp3) is 0.238. The fourth-order valence-electron chi connectivity index (χ4n) is 3.27. The van der Waals surface area contributed by atoms with Gasteiger partial charge >= 0.3 is 0 Å². The van der Waals surface area contributed by atoms with Gasteiger partial charge in [-0.3, -0.25) is 9.67 Å². The van der Waals surface area contributed by atoms with Crippen LogP contribution in [0.3, 0.4) is 0 Å². The van der Waals surface area contributed by atoms with Crippen LogP contribution in [0, 0.1) is 11.6 Å². The molecule has 1 atom stereocenters. The zero-order valence-electron chi connectivity index (χ0n) is 16.8. The van der Waals surface area contributed by atoms with Crippen molar-refractivity contribution in [3.05, 3.63) is 71.8 Å². The number of halogens is 2. The molecule has 1 N–H and O–H groups in total. The summed E-state index contributed by atoms with van der Waals surface area (Å²) in [6.45, 7) is 2.35. The molecule has 4 rings (SSSR count). The summed E-state index contributed by atoms with van der Waals surface area (Å²) in [6, 6.07) is 7.56. The molecule has 0 aliphatic heterocycles. The Bertz CT molecular complexity index is 1180. The number of rotatable bonds is 6. The van der Waals surface area contributed by atoms with Gasteiger partial charge in [0.25, 0.3) is 0 Å². The average molecular weight is 409 g/mol. The number of hydrogen-bond acceptors (Lipinski definition) is 6. The summed E-state index contributed by atoms with van der Waals surface area (Å²) in [4.78, 5) is 14.8. The second-order valence-electron chi connectivity index (χ2n) is 7.14. The Labute approximate surface area is 172 Å². The summed E-state index contributed by atoms with van der Waals surface area (Å²) < 4.78 is 30.2. The summed E-state index contributed by atoms with van der Waals surface area (Å²) in [7, 11) is 3.63. The highest BCUT2D eigenvalue weighted by Gasteiger charge is 2.18. The minimum Gasteiger partial charge on any atom is -0.353 e. The highest BCUT2D eigenvalue weighted by atomic mass is 19.1. The quantitative estimate of drug-likeness (QED) is 0.522. The van der Waals surface area contributed by atoms with Crippen LogP contribution in [0.15, 0.2) is 48.9 Å². The van der Waals surface area contributed by atoms with Crippen molar-refractivity contribution in [3.8, 4) is 0 Å². The molecule has 0 fully saturated rings. The molecule has 30 heavy (non-hydrogen) atoms. The lowest BCUT2D eigenvalue weighted by Gasteiger charge is -2.21. The van der Waals surface area contributed by atoms with Crippen LogP contribution in [0.4, 0.5) is 20.5 Å². The second-order valence-corrected chi connectivity index (χ2v) is 7.14. The third-order valence-corrected chi connectivity index (χ3v) is 4.76. The summed E-state index contributed by atoms with van der Waals surface area (Å²) >= 11 is 0. The second kappa shape index (κ2) is 8.02. The molecule has 0 amide bonds. The molecular weight excluding hydrogens is 388 g/mol. The third-order valence-electron chi connectivity index (χ3n) is 4.76. The molecule has 154 valence electrons. The molecule has 3 heterocycles. The predicted molar refractivity (Wildman–Crippen MR) is 111 cm³/mol. The van der Waals surface area contributed by atoms with Gasteiger partial charge in [-0.2, -0.15) is 10.1 Å². The molecule has 0 aliphatic carbocycles. The van der Waals surface area contributed by atoms with Crippen molar-refractivity contribution < 1.29 is 8.78 Å². The van der Waals surface area contributed by atoms with Crippen molar-refractivity contribution >= 4 is 22.7 Å². The Morgan fingerprint density at radius 3 is 2.73 bits per heavy atom. The summed E-state index contributed by atoms with van der Waals surface area (Å²) in [6.07, 6.45) is 5.27. The average Bonchev–Trinajstić information content (AvgIpc) is 3.13. The van der Waals surface area contributed by atoms with Crippen LogP contribution in [0.2, 0.25) is 0 Å². The minimum atomic E-state index is -0.739. The first-order valence-corrected chi connectivity index (χ1v) is 9.43. The van der Waals surface area contributed by atoms with E-state index < -0.39 is 11.6 Å². The van der Waals surface area contributed by atoms with E-state index >= 15 is 0 Å². The van der Waals surface area contributed by atoms with Gasteiger partial charge in [-0.15, -0.1) is 0 Å². The van der Waals surface area contributed by atoms with Crippen LogP contribution in [0.25, 0.3) is 10.9 Å². The molecule has 0 spiro atoms. The standard InChI is InChI=1S/C21H21F2N7/c1-13(14-5-4-7-24-11-14)25-21-26-19-17(9-15(22)10-18(19)23)20(27-21)29(2)12-16-6-8-30(3)28-16/h4-11,13H,12H2,1-3H3,(H,25,26,27). The molecule has 0 radical (unpaired) electrons. The highest BCUT2D eigenvalue weighted by molar-refractivity contribution is 5.91. The first kappa shape index (κ1) is 19.7. The molecule has 0 bridgehead atoms. The number of aromatic nitrogens is 5. The van der Waals surface area contributed by atoms with Gasteiger partial charge in [0.1, 0.15) is 17.2 Å². The first-order chi connectivity index (χ1) is 14.4. The lowest BCUT2D eigenvalue weighted by molar-refractivity contribution is 0.590. The van der Waals surface area contributed by atoms with Crippen molar-refractivity contribution in [1.82, 2.24) is 24.7 Å². The number of hydrogen-bond donors (Lipinski definition) is 1. The fourth-order valence-corrected chi connectivity index (χ4v) is 3.27. The Morgan fingerprint density at radius 1 is 1.20 bits per heavy atom. The number of benzene rings is 1. The number of fused-ring (bicyclic) bond motifs is 1. The zero-order valence-corrected chi connectivity index (χ0v) is 16.8. The van der Waals surface area contributed by atoms with E-state index in [1.807, 2.05) is 38.4 Å². The number of nitrogens with zero attached hydrogens (tertiary/aromatic N) is 6. The molecule has 1 unspecified atom stereocenters. The van der Waals surface area contributed by atoms with Crippen molar-refractivity contribution in [1.29, 1.82) is 0 Å². The number of pyridine rings is 1. The topological polar surface area (TPSA) is 71.8 Å². The Hall–Kier alpha value is -3.62. The van der Waals surface area contributed by atoms with Crippen LogP contribution in [0.1, 0.15) is 24.2 Å². The zero-order chi connectivity index (χ0) is 21.3. The largest absolute Gasteiger partial charge is 0.353 e. The van der Waals surface area contributed by atoms with Crippen LogP contribution in [-0.2, 0) is 13.6 Å². The monoisotopic (exact) mass is 409 g/mol. The predicted octanol–water partition coefficient (Wildman–Crippen LogP) is 3.85. The lowest BCUT2D eigenvalue weighted by atomic mass is 10.1. The van der Waals surface area contributed by atoms with E-state index in [-0.39, 0.29) is 17.5 Å². The van der Waals surface area contributed by atoms with Gasteiger partial charge in [-0.25, -0.2) is 13.8 Å². The lowest BCUT2D eigenvalue weighted by Crippen LogP contribution is -2.20. The molecule has 0 aliphatic rings. The van der Waals surface area contributed by atoms with Gasteiger partial charge < -0.3 is 10.2 Å². The van der Waals surface area contributed by atoms with Crippen molar-refractivity contribution in [2.45, 2.75) is 19.5 Å². The maximum atomic E-state index is 14.6. The van der Waals surface area contributed by atoms with Gasteiger partial charge in [0.05, 0.1) is 18.3 Å². The van der Waals surface area contributed by atoms with Crippen LogP contribution in [-0.4, -0.2) is 31.8 Å². The van der Waals surface area contributed by atoms with Gasteiger partial charge in [-0.1, -0.05) is 6.07 Å². The van der Waals surface area contributed by atoms with Crippen molar-refractivity contribution in [2.75, 3.05) is 17.3 Å². The molecule has 0 saturated carbocycles. The van der Waals surface area contributed by atoms with E-state index in [4.69, 9.17) is 0 Å². The van der Waals surface area contributed by atoms with E-state index in [2.05, 4.69) is 25.4 Å². The normalized spacial score (nSPS) is 12.2. The van der Waals surface area contributed by atoms with E-state index in [9.17, 15) is 8.78 Å². The third kappa shape index (κ3) is 4.05. The Morgan fingerprint density at radius 2 is 2.03 bits per heavy atom. The molecule has 1 aromatic carbocycles. The number of nitrogens with one attached hydrogen (secondary N) is 1. The van der Waals surface area contributed by atoms with E-state index in [1.165, 1.54) is 6.07 Å². The van der Waals surface area contributed by atoms with Crippen molar-refractivity contribution in [3.63, 3.8) is 0 Å². The van der Waals surface area contributed by atoms with E-state index in [1.54, 1.807) is 29.0 Å². The molecular formula is C21H21F2N7. The van der Waals surface area contributed by atoms with Gasteiger partial charge in [-0.05, 0) is 30.7 Å². The SMILES string of the molecule is CC(Nc1nc(N(C)Cc2ccn(C)n2)c2cc(F)cc(F)c2n1)c1cccnc1. The molecule has 7 nitrogen and oxygen atoms in total. The Kier molecular flexibility index (Phi) is 5.26. The molecule has 9 heteroatoms. The summed E-state index contributed by atoms with van der Waals surface area (Å²) in [5.41, 5.74) is 1.79. The van der Waals surface area contributed by atoms with E-state index in [0.29, 0.717) is 17.7 Å². The van der Waals surface area contributed by atoms with E-state index in [0.717, 1.165) is 17.3 Å². The van der Waals surface area contributed by atoms with Crippen LogP contribution >= 0.6 is 0 Å². The van der Waals surface area contributed by atoms with Gasteiger partial charge in [0, 0.05) is 44.1 Å². The van der Waals surface area contributed by atoms with Crippen molar-refractivity contribution in [2.24, 2.45) is 7.05 Å². The smallest absolute Gasteiger partial charge is 0.225 e. The summed E-state index contributed by atoms with van der Waals surface area (Å²) in [5.74, 6) is -0.769. The maximum Gasteiger partial charge on any atom is 0.225 e. The maximum absolute atomic E-state index is 14.6. The van der Waals surface area contributed by atoms with Gasteiger partial charge in [0.2, 0.25) is 5.95 Å². The number of anilines is 2. The summed E-state index contributed by atoms with van der Waals surface area (Å²) in [5, 5.41) is 7.85. The number of aryl methyl sites for hydroxylation is 1. The van der Waals surface area contributed by atoms with Gasteiger partial charge in [0.15, 0.2) is 5.82 Å². The Balaban J connectivity index is 1.74. The molecule has 4 aromatic rings. The first-order valence-electron chi connectivity index (χ1n) is 9.43. The molecule has 0 saturated heterocycles. The minimum absolute atomic E-state index is 0.0511. The van der Waals surface area contributed by atoms with Crippen LogP contribution < -0.4 is 10.2 Å².